The van der Waals surface area contributed by atoms with E-state index in [1.54, 1.807) is 16.8 Å². The van der Waals surface area contributed by atoms with E-state index in [9.17, 15) is 4.79 Å². The predicted octanol–water partition coefficient (Wildman–Crippen LogP) is 1.94. The second-order valence-electron chi connectivity index (χ2n) is 4.46. The Morgan fingerprint density at radius 1 is 1.09 bits per heavy atom. The molecule has 0 fully saturated rings. The maximum absolute atomic E-state index is 10.8. The fraction of sp³-hybridized carbons (Fsp3) is 0.0667. The maximum Gasteiger partial charge on any atom is 0.335 e. The smallest absolute Gasteiger partial charge is 0.335 e. The highest BCUT2D eigenvalue weighted by atomic mass is 16.5. The average molecular weight is 296 g/mol. The van der Waals surface area contributed by atoms with Crippen LogP contribution in [0, 0.1) is 0 Å². The molecule has 0 saturated carbocycles. The number of carboxylic acid groups (broad SMARTS) is 1. The van der Waals surface area contributed by atoms with Crippen molar-refractivity contribution in [3.05, 3.63) is 66.0 Å². The number of aromatic carboxylic acids is 1. The SMILES string of the molecule is O=C(O)c1ccc(OCc2nnnn2-c2ccccc2)cc1. The van der Waals surface area contributed by atoms with Gasteiger partial charge in [-0.3, -0.25) is 0 Å². The Balaban J connectivity index is 1.72. The standard InChI is InChI=1S/C15H12N4O3/c20-15(21)11-6-8-13(9-7-11)22-10-14-16-17-18-19(14)12-4-2-1-3-5-12/h1-9H,10H2,(H,20,21). The Kier molecular flexibility index (Phi) is 3.78. The Hall–Kier alpha value is -3.22. The first-order valence-corrected chi connectivity index (χ1v) is 6.53. The second-order valence-corrected chi connectivity index (χ2v) is 4.46. The van der Waals surface area contributed by atoms with Gasteiger partial charge in [0.05, 0.1) is 11.3 Å². The van der Waals surface area contributed by atoms with Crippen LogP contribution in [0.4, 0.5) is 0 Å². The highest BCUT2D eigenvalue weighted by molar-refractivity contribution is 5.87. The van der Waals surface area contributed by atoms with Crippen molar-refractivity contribution in [3.63, 3.8) is 0 Å². The van der Waals surface area contributed by atoms with Gasteiger partial charge in [-0.2, -0.15) is 4.68 Å². The van der Waals surface area contributed by atoms with Crippen LogP contribution in [0.15, 0.2) is 54.6 Å². The van der Waals surface area contributed by atoms with Crippen molar-refractivity contribution in [1.82, 2.24) is 20.2 Å². The number of nitrogens with zero attached hydrogens (tertiary/aromatic N) is 4. The molecule has 0 atom stereocenters. The predicted molar refractivity (Wildman–Crippen MR) is 76.9 cm³/mol. The Morgan fingerprint density at radius 3 is 2.50 bits per heavy atom. The molecular formula is C15H12N4O3. The minimum atomic E-state index is -0.973. The first kappa shape index (κ1) is 13.7. The van der Waals surface area contributed by atoms with E-state index in [1.807, 2.05) is 30.3 Å². The van der Waals surface area contributed by atoms with Crippen LogP contribution in [-0.2, 0) is 6.61 Å². The van der Waals surface area contributed by atoms with E-state index in [1.165, 1.54) is 12.1 Å². The molecule has 0 aliphatic carbocycles. The van der Waals surface area contributed by atoms with Crippen LogP contribution >= 0.6 is 0 Å². The molecule has 0 radical (unpaired) electrons. The molecule has 1 aromatic heterocycles. The van der Waals surface area contributed by atoms with E-state index < -0.39 is 5.97 Å². The van der Waals surface area contributed by atoms with Gasteiger partial charge in [-0.15, -0.1) is 5.10 Å². The molecule has 0 saturated heterocycles. The van der Waals surface area contributed by atoms with Gasteiger partial charge in [0, 0.05) is 0 Å². The second kappa shape index (κ2) is 6.04. The number of rotatable bonds is 5. The van der Waals surface area contributed by atoms with Crippen LogP contribution in [0.3, 0.4) is 0 Å². The zero-order chi connectivity index (χ0) is 15.4. The molecule has 3 rings (SSSR count). The van der Waals surface area contributed by atoms with Gasteiger partial charge >= 0.3 is 5.97 Å². The number of carbonyl (C=O) groups is 1. The lowest BCUT2D eigenvalue weighted by molar-refractivity contribution is 0.0697. The molecule has 110 valence electrons. The number of aromatic nitrogens is 4. The highest BCUT2D eigenvalue weighted by Gasteiger charge is 2.09. The third-order valence-corrected chi connectivity index (χ3v) is 3.00. The summed E-state index contributed by atoms with van der Waals surface area (Å²) in [7, 11) is 0. The first-order valence-electron chi connectivity index (χ1n) is 6.53. The van der Waals surface area contributed by atoms with Crippen LogP contribution in [0.25, 0.3) is 5.69 Å². The van der Waals surface area contributed by atoms with Gasteiger partial charge in [-0.05, 0) is 46.8 Å². The summed E-state index contributed by atoms with van der Waals surface area (Å²) < 4.78 is 7.18. The van der Waals surface area contributed by atoms with Crippen LogP contribution < -0.4 is 4.74 Å². The molecule has 1 N–H and O–H groups in total. The van der Waals surface area contributed by atoms with Crippen molar-refractivity contribution in [1.29, 1.82) is 0 Å². The Bertz CT molecular complexity index is 769. The van der Waals surface area contributed by atoms with Crippen LogP contribution in [-0.4, -0.2) is 31.3 Å². The molecule has 0 aliphatic heterocycles. The van der Waals surface area contributed by atoms with Crippen LogP contribution in [0.2, 0.25) is 0 Å². The zero-order valence-corrected chi connectivity index (χ0v) is 11.5. The van der Waals surface area contributed by atoms with Gasteiger partial charge in [0.2, 0.25) is 0 Å². The molecule has 0 aliphatic rings. The zero-order valence-electron chi connectivity index (χ0n) is 11.5. The first-order chi connectivity index (χ1) is 10.7. The number of para-hydroxylation sites is 1. The summed E-state index contributed by atoms with van der Waals surface area (Å²) in [6, 6.07) is 15.6. The van der Waals surface area contributed by atoms with E-state index in [4.69, 9.17) is 9.84 Å². The summed E-state index contributed by atoms with van der Waals surface area (Å²) in [6.45, 7) is 0.175. The number of tetrazole rings is 1. The lowest BCUT2D eigenvalue weighted by Gasteiger charge is -2.07. The monoisotopic (exact) mass is 296 g/mol. The van der Waals surface area contributed by atoms with Crippen molar-refractivity contribution in [2.24, 2.45) is 0 Å². The lowest BCUT2D eigenvalue weighted by Crippen LogP contribution is -2.07. The molecule has 0 spiro atoms. The van der Waals surface area contributed by atoms with E-state index >= 15 is 0 Å². The van der Waals surface area contributed by atoms with Gasteiger partial charge < -0.3 is 9.84 Å². The molecule has 2 aromatic carbocycles. The maximum atomic E-state index is 10.8. The fourth-order valence-corrected chi connectivity index (χ4v) is 1.91. The van der Waals surface area contributed by atoms with Crippen molar-refractivity contribution in [2.75, 3.05) is 0 Å². The Labute approximate surface area is 125 Å². The van der Waals surface area contributed by atoms with Crippen molar-refractivity contribution < 1.29 is 14.6 Å². The van der Waals surface area contributed by atoms with Crippen LogP contribution in [0.5, 0.6) is 5.75 Å². The van der Waals surface area contributed by atoms with Gasteiger partial charge in [-0.1, -0.05) is 18.2 Å². The molecule has 0 amide bonds. The molecule has 3 aromatic rings. The van der Waals surface area contributed by atoms with Gasteiger partial charge in [-0.25, -0.2) is 4.79 Å². The molecular weight excluding hydrogens is 284 g/mol. The van der Waals surface area contributed by atoms with Crippen LogP contribution in [0.1, 0.15) is 16.2 Å². The molecule has 22 heavy (non-hydrogen) atoms. The summed E-state index contributed by atoms with van der Waals surface area (Å²) in [5.41, 5.74) is 1.05. The minimum absolute atomic E-state index is 0.175. The summed E-state index contributed by atoms with van der Waals surface area (Å²) in [5.74, 6) is 0.126. The van der Waals surface area contributed by atoms with E-state index in [0.717, 1.165) is 5.69 Å². The number of hydrogen-bond acceptors (Lipinski definition) is 5. The molecule has 7 nitrogen and oxygen atoms in total. The molecule has 0 unspecified atom stereocenters. The largest absolute Gasteiger partial charge is 0.486 e. The van der Waals surface area contributed by atoms with Crippen molar-refractivity contribution in [3.8, 4) is 11.4 Å². The number of hydrogen-bond donors (Lipinski definition) is 1. The Morgan fingerprint density at radius 2 is 1.82 bits per heavy atom. The molecule has 0 bridgehead atoms. The quantitative estimate of drug-likeness (QED) is 0.773. The van der Waals surface area contributed by atoms with E-state index in [-0.39, 0.29) is 12.2 Å². The van der Waals surface area contributed by atoms with Gasteiger partial charge in [0.15, 0.2) is 5.82 Å². The van der Waals surface area contributed by atoms with E-state index in [0.29, 0.717) is 11.6 Å². The third kappa shape index (κ3) is 2.93. The van der Waals surface area contributed by atoms with Gasteiger partial charge in [0.25, 0.3) is 0 Å². The summed E-state index contributed by atoms with van der Waals surface area (Å²) in [5, 5.41) is 20.4. The van der Waals surface area contributed by atoms with Crippen molar-refractivity contribution >= 4 is 5.97 Å². The highest BCUT2D eigenvalue weighted by Crippen LogP contribution is 2.14. The van der Waals surface area contributed by atoms with E-state index in [2.05, 4.69) is 15.5 Å². The average Bonchev–Trinajstić information content (AvgIpc) is 3.02. The van der Waals surface area contributed by atoms with Gasteiger partial charge in [0.1, 0.15) is 12.4 Å². The summed E-state index contributed by atoms with van der Waals surface area (Å²) in [4.78, 5) is 10.8. The van der Waals surface area contributed by atoms with Crippen molar-refractivity contribution in [2.45, 2.75) is 6.61 Å². The summed E-state index contributed by atoms with van der Waals surface area (Å²) in [6.07, 6.45) is 0. The summed E-state index contributed by atoms with van der Waals surface area (Å²) >= 11 is 0. The lowest BCUT2D eigenvalue weighted by atomic mass is 10.2. The number of ether oxygens (including phenoxy) is 1. The normalized spacial score (nSPS) is 10.4. The minimum Gasteiger partial charge on any atom is -0.486 e. The fourth-order valence-electron chi connectivity index (χ4n) is 1.91. The number of carboxylic acids is 1. The molecule has 1 heterocycles. The third-order valence-electron chi connectivity index (χ3n) is 3.00. The molecule has 7 heteroatoms. The topological polar surface area (TPSA) is 90.1 Å². The number of benzene rings is 2.